The van der Waals surface area contributed by atoms with Crippen LogP contribution < -0.4 is 5.32 Å². The van der Waals surface area contributed by atoms with Gasteiger partial charge in [0.1, 0.15) is 6.61 Å². The summed E-state index contributed by atoms with van der Waals surface area (Å²) in [4.78, 5) is 19.2. The first-order chi connectivity index (χ1) is 13.2. The van der Waals surface area contributed by atoms with E-state index in [0.29, 0.717) is 31.9 Å². The highest BCUT2D eigenvalue weighted by molar-refractivity contribution is 6.04. The Morgan fingerprint density at radius 2 is 1.96 bits per heavy atom. The number of benzene rings is 1. The van der Waals surface area contributed by atoms with Crippen molar-refractivity contribution in [3.63, 3.8) is 0 Å². The first-order valence-corrected chi connectivity index (χ1v) is 9.62. The molecule has 1 aromatic carbocycles. The van der Waals surface area contributed by atoms with Gasteiger partial charge >= 0.3 is 0 Å². The molecule has 150 valence electrons. The number of carbonyl (C=O) groups is 1. The molecule has 7 heteroatoms. The number of nitrogens with zero attached hydrogens (tertiary/aromatic N) is 2. The number of nitrogens with one attached hydrogen (secondary N) is 1. The van der Waals surface area contributed by atoms with Crippen LogP contribution in [0.1, 0.15) is 29.3 Å². The largest absolute Gasteiger partial charge is 0.463 e. The van der Waals surface area contributed by atoms with E-state index in [0.717, 1.165) is 44.8 Å². The van der Waals surface area contributed by atoms with E-state index < -0.39 is 0 Å². The van der Waals surface area contributed by atoms with Gasteiger partial charge in [0.15, 0.2) is 0 Å². The number of amidine groups is 1. The number of rotatable bonds is 9. The summed E-state index contributed by atoms with van der Waals surface area (Å²) in [5, 5.41) is 2.77. The molecule has 1 heterocycles. The molecule has 7 nitrogen and oxygen atoms in total. The fourth-order valence-corrected chi connectivity index (χ4v) is 2.64. The molecular weight excluding hydrogens is 346 g/mol. The van der Waals surface area contributed by atoms with Gasteiger partial charge in [-0.05, 0) is 32.4 Å². The van der Waals surface area contributed by atoms with Crippen LogP contribution in [0.15, 0.2) is 29.3 Å². The third-order valence-electron chi connectivity index (χ3n) is 4.20. The van der Waals surface area contributed by atoms with Crippen LogP contribution in [-0.2, 0) is 14.2 Å². The molecule has 1 aliphatic heterocycles. The first kappa shape index (κ1) is 21.3. The molecule has 0 atom stereocenters. The predicted octanol–water partition coefficient (Wildman–Crippen LogP) is 1.86. The molecule has 2 rings (SSSR count). The number of hydrogen-bond acceptors (Lipinski definition) is 6. The quantitative estimate of drug-likeness (QED) is 0.404. The molecule has 1 amide bonds. The molecular formula is C20H31N3O4. The molecule has 0 saturated carbocycles. The van der Waals surface area contributed by atoms with Gasteiger partial charge in [-0.2, -0.15) is 0 Å². The summed E-state index contributed by atoms with van der Waals surface area (Å²) in [6, 6.07) is 7.65. The minimum Gasteiger partial charge on any atom is -0.463 e. The van der Waals surface area contributed by atoms with Gasteiger partial charge in [-0.1, -0.05) is 17.7 Å². The van der Waals surface area contributed by atoms with Crippen LogP contribution in [0.25, 0.3) is 0 Å². The molecule has 27 heavy (non-hydrogen) atoms. The van der Waals surface area contributed by atoms with E-state index in [-0.39, 0.29) is 11.9 Å². The standard InChI is InChI=1S/C20H31N3O4/c1-3-25-15-16-27-20(21-9-4-10-23-11-13-26-14-12-23)22-19(24)18-7-5-17(2)6-8-18/h5-8H,3-4,9-16H2,1-2H3,(H,21,22,24). The smallest absolute Gasteiger partial charge is 0.291 e. The first-order valence-electron chi connectivity index (χ1n) is 9.62. The number of morpholine rings is 1. The van der Waals surface area contributed by atoms with Crippen molar-refractivity contribution in [3.05, 3.63) is 35.4 Å². The summed E-state index contributed by atoms with van der Waals surface area (Å²) in [5.41, 5.74) is 1.69. The van der Waals surface area contributed by atoms with Crippen LogP contribution in [-0.4, -0.2) is 76.0 Å². The number of carbonyl (C=O) groups excluding carboxylic acids is 1. The molecule has 0 aromatic heterocycles. The fraction of sp³-hybridized carbons (Fsp3) is 0.600. The van der Waals surface area contributed by atoms with E-state index in [1.165, 1.54) is 0 Å². The topological polar surface area (TPSA) is 72.4 Å². The van der Waals surface area contributed by atoms with Crippen molar-refractivity contribution < 1.29 is 19.0 Å². The van der Waals surface area contributed by atoms with E-state index in [2.05, 4.69) is 15.2 Å². The van der Waals surface area contributed by atoms with Crippen molar-refractivity contribution >= 4 is 11.9 Å². The average Bonchev–Trinajstić information content (AvgIpc) is 2.69. The maximum atomic E-state index is 12.4. The second-order valence-electron chi connectivity index (χ2n) is 6.36. The zero-order valence-electron chi connectivity index (χ0n) is 16.4. The zero-order chi connectivity index (χ0) is 19.3. The summed E-state index contributed by atoms with van der Waals surface area (Å²) < 4.78 is 16.2. The van der Waals surface area contributed by atoms with Gasteiger partial charge in [0, 0.05) is 38.3 Å². The Kier molecular flexibility index (Phi) is 9.83. The Balaban J connectivity index is 1.84. The summed E-state index contributed by atoms with van der Waals surface area (Å²) in [7, 11) is 0. The lowest BCUT2D eigenvalue weighted by Gasteiger charge is -2.26. The number of ether oxygens (including phenoxy) is 3. The van der Waals surface area contributed by atoms with Crippen LogP contribution in [0.5, 0.6) is 0 Å². The van der Waals surface area contributed by atoms with Crippen molar-refractivity contribution in [2.75, 3.05) is 59.2 Å². The fourth-order valence-electron chi connectivity index (χ4n) is 2.64. The van der Waals surface area contributed by atoms with E-state index >= 15 is 0 Å². The Hall–Kier alpha value is -1.96. The van der Waals surface area contributed by atoms with Gasteiger partial charge in [-0.15, -0.1) is 0 Å². The van der Waals surface area contributed by atoms with Gasteiger partial charge in [-0.3, -0.25) is 15.0 Å². The Labute approximate surface area is 161 Å². The monoisotopic (exact) mass is 377 g/mol. The summed E-state index contributed by atoms with van der Waals surface area (Å²) in [5.74, 6) is -0.224. The molecule has 0 spiro atoms. The summed E-state index contributed by atoms with van der Waals surface area (Å²) in [6.45, 7) is 10.4. The van der Waals surface area contributed by atoms with Crippen molar-refractivity contribution in [2.24, 2.45) is 4.99 Å². The molecule has 0 unspecified atom stereocenters. The van der Waals surface area contributed by atoms with Gasteiger partial charge < -0.3 is 14.2 Å². The van der Waals surface area contributed by atoms with Gasteiger partial charge in [0.2, 0.25) is 0 Å². The second kappa shape index (κ2) is 12.4. The van der Waals surface area contributed by atoms with Gasteiger partial charge in [-0.25, -0.2) is 4.99 Å². The minimum atomic E-state index is -0.224. The molecule has 1 aliphatic rings. The van der Waals surface area contributed by atoms with Crippen LogP contribution in [0.4, 0.5) is 0 Å². The lowest BCUT2D eigenvalue weighted by atomic mass is 10.1. The molecule has 1 saturated heterocycles. The van der Waals surface area contributed by atoms with Crippen molar-refractivity contribution in [1.29, 1.82) is 0 Å². The number of aryl methyl sites for hydroxylation is 1. The SMILES string of the molecule is CCOCCOC(=NCCCN1CCOCC1)NC(=O)c1ccc(C)cc1. The summed E-state index contributed by atoms with van der Waals surface area (Å²) in [6.07, 6.45) is 0.902. The number of aliphatic imine (C=N–C) groups is 1. The molecule has 0 radical (unpaired) electrons. The third-order valence-corrected chi connectivity index (χ3v) is 4.20. The highest BCUT2D eigenvalue weighted by Crippen LogP contribution is 2.03. The lowest BCUT2D eigenvalue weighted by Crippen LogP contribution is -2.37. The van der Waals surface area contributed by atoms with E-state index in [1.807, 2.05) is 26.0 Å². The third kappa shape index (κ3) is 8.51. The highest BCUT2D eigenvalue weighted by Gasteiger charge is 2.11. The Bertz CT molecular complexity index is 583. The maximum absolute atomic E-state index is 12.4. The molecule has 0 bridgehead atoms. The summed E-state index contributed by atoms with van der Waals surface area (Å²) >= 11 is 0. The van der Waals surface area contributed by atoms with E-state index in [9.17, 15) is 4.79 Å². The minimum absolute atomic E-state index is 0.224. The Morgan fingerprint density at radius 1 is 1.22 bits per heavy atom. The van der Waals surface area contributed by atoms with Crippen LogP contribution >= 0.6 is 0 Å². The van der Waals surface area contributed by atoms with Crippen molar-refractivity contribution in [1.82, 2.24) is 10.2 Å². The van der Waals surface area contributed by atoms with Gasteiger partial charge in [0.05, 0.1) is 19.8 Å². The Morgan fingerprint density at radius 3 is 2.67 bits per heavy atom. The van der Waals surface area contributed by atoms with Gasteiger partial charge in [0.25, 0.3) is 11.9 Å². The number of amides is 1. The molecule has 1 aromatic rings. The van der Waals surface area contributed by atoms with Crippen LogP contribution in [0.2, 0.25) is 0 Å². The number of hydrogen-bond donors (Lipinski definition) is 1. The van der Waals surface area contributed by atoms with E-state index in [1.54, 1.807) is 12.1 Å². The van der Waals surface area contributed by atoms with Crippen LogP contribution in [0, 0.1) is 6.92 Å². The molecule has 1 fully saturated rings. The zero-order valence-corrected chi connectivity index (χ0v) is 16.4. The normalized spacial score (nSPS) is 15.6. The van der Waals surface area contributed by atoms with Crippen LogP contribution in [0.3, 0.4) is 0 Å². The average molecular weight is 377 g/mol. The van der Waals surface area contributed by atoms with Crippen molar-refractivity contribution in [3.8, 4) is 0 Å². The predicted molar refractivity (Wildman–Crippen MR) is 105 cm³/mol. The van der Waals surface area contributed by atoms with E-state index in [4.69, 9.17) is 14.2 Å². The van der Waals surface area contributed by atoms with Crippen molar-refractivity contribution in [2.45, 2.75) is 20.3 Å². The molecule has 0 aliphatic carbocycles. The highest BCUT2D eigenvalue weighted by atomic mass is 16.5. The second-order valence-corrected chi connectivity index (χ2v) is 6.36. The maximum Gasteiger partial charge on any atom is 0.291 e. The lowest BCUT2D eigenvalue weighted by molar-refractivity contribution is 0.0377. The molecule has 1 N–H and O–H groups in total.